The molecule has 0 aromatic carbocycles. The molecule has 0 radical (unpaired) electrons. The highest BCUT2D eigenvalue weighted by atomic mass is 16.3. The molecule has 0 aliphatic heterocycles. The van der Waals surface area contributed by atoms with Gasteiger partial charge in [0.15, 0.2) is 5.78 Å². The van der Waals surface area contributed by atoms with Crippen LogP contribution in [0.5, 0.6) is 0 Å². The number of carbonyl (C=O) groups excluding carboxylic acids is 2. The summed E-state index contributed by atoms with van der Waals surface area (Å²) < 4.78 is 0. The summed E-state index contributed by atoms with van der Waals surface area (Å²) in [5.74, 6) is 0.193. The standard InChI is InChI=1S/C11H20O3/c1-8(2)10(13)6-4-5-7-11(14)9(3)12/h8-9,12H,4-7H2,1-3H3. The molecule has 0 saturated carbocycles. The Labute approximate surface area is 85.5 Å². The lowest BCUT2D eigenvalue weighted by atomic mass is 10.0. The summed E-state index contributed by atoms with van der Waals surface area (Å²) in [7, 11) is 0. The zero-order valence-electron chi connectivity index (χ0n) is 9.25. The van der Waals surface area contributed by atoms with Gasteiger partial charge in [0.1, 0.15) is 11.9 Å². The van der Waals surface area contributed by atoms with Crippen LogP contribution >= 0.6 is 0 Å². The first-order chi connectivity index (χ1) is 6.45. The Bertz CT molecular complexity index is 173. The Morgan fingerprint density at radius 2 is 1.43 bits per heavy atom. The normalized spacial score (nSPS) is 12.9. The Hall–Kier alpha value is -0.700. The third-order valence-electron chi connectivity index (χ3n) is 2.21. The first-order valence-corrected chi connectivity index (χ1v) is 5.18. The van der Waals surface area contributed by atoms with Gasteiger partial charge in [0.25, 0.3) is 0 Å². The van der Waals surface area contributed by atoms with Gasteiger partial charge in [-0.2, -0.15) is 0 Å². The minimum absolute atomic E-state index is 0.0856. The van der Waals surface area contributed by atoms with E-state index in [1.165, 1.54) is 6.92 Å². The molecule has 0 fully saturated rings. The van der Waals surface area contributed by atoms with Gasteiger partial charge in [-0.3, -0.25) is 9.59 Å². The van der Waals surface area contributed by atoms with Gasteiger partial charge >= 0.3 is 0 Å². The highest BCUT2D eigenvalue weighted by Gasteiger charge is 2.10. The average Bonchev–Trinajstić information content (AvgIpc) is 2.11. The molecule has 1 unspecified atom stereocenters. The maximum Gasteiger partial charge on any atom is 0.160 e. The van der Waals surface area contributed by atoms with E-state index in [0.29, 0.717) is 19.3 Å². The zero-order chi connectivity index (χ0) is 11.1. The quantitative estimate of drug-likeness (QED) is 0.637. The number of hydrogen-bond donors (Lipinski definition) is 1. The van der Waals surface area contributed by atoms with Crippen LogP contribution in [0.3, 0.4) is 0 Å². The molecule has 14 heavy (non-hydrogen) atoms. The Morgan fingerprint density at radius 1 is 1.00 bits per heavy atom. The molecular weight excluding hydrogens is 180 g/mol. The Balaban J connectivity index is 3.48. The molecule has 0 aromatic heterocycles. The number of Topliss-reactive ketones (excluding diaryl/α,β-unsaturated/α-hetero) is 2. The maximum atomic E-state index is 11.2. The Kier molecular flexibility index (Phi) is 6.37. The van der Waals surface area contributed by atoms with Gasteiger partial charge in [-0.25, -0.2) is 0 Å². The van der Waals surface area contributed by atoms with Crippen molar-refractivity contribution in [3.8, 4) is 0 Å². The number of aliphatic hydroxyl groups is 1. The van der Waals surface area contributed by atoms with Crippen molar-refractivity contribution >= 4 is 11.6 Å². The second kappa shape index (κ2) is 6.71. The molecule has 1 N–H and O–H groups in total. The van der Waals surface area contributed by atoms with Crippen LogP contribution in [0.4, 0.5) is 0 Å². The van der Waals surface area contributed by atoms with Crippen LogP contribution in [0.25, 0.3) is 0 Å². The van der Waals surface area contributed by atoms with E-state index in [4.69, 9.17) is 5.11 Å². The van der Waals surface area contributed by atoms with Crippen molar-refractivity contribution in [2.75, 3.05) is 0 Å². The van der Waals surface area contributed by atoms with E-state index < -0.39 is 6.10 Å². The number of carbonyl (C=O) groups is 2. The highest BCUT2D eigenvalue weighted by Crippen LogP contribution is 2.07. The van der Waals surface area contributed by atoms with Gasteiger partial charge in [-0.05, 0) is 19.8 Å². The fourth-order valence-electron chi connectivity index (χ4n) is 1.10. The first kappa shape index (κ1) is 13.3. The van der Waals surface area contributed by atoms with Gasteiger partial charge < -0.3 is 5.11 Å². The van der Waals surface area contributed by atoms with Crippen molar-refractivity contribution in [2.24, 2.45) is 5.92 Å². The van der Waals surface area contributed by atoms with E-state index in [2.05, 4.69) is 0 Å². The first-order valence-electron chi connectivity index (χ1n) is 5.18. The molecule has 0 rings (SSSR count). The van der Waals surface area contributed by atoms with Crippen LogP contribution in [0.1, 0.15) is 46.5 Å². The lowest BCUT2D eigenvalue weighted by Gasteiger charge is -2.04. The average molecular weight is 200 g/mol. The fourth-order valence-corrected chi connectivity index (χ4v) is 1.10. The van der Waals surface area contributed by atoms with Crippen molar-refractivity contribution < 1.29 is 14.7 Å². The lowest BCUT2D eigenvalue weighted by molar-refractivity contribution is -0.126. The molecule has 0 aliphatic rings. The fraction of sp³-hybridized carbons (Fsp3) is 0.818. The molecule has 0 aromatic rings. The molecular formula is C11H20O3. The number of aliphatic hydroxyl groups excluding tert-OH is 1. The molecule has 0 heterocycles. The van der Waals surface area contributed by atoms with E-state index in [-0.39, 0.29) is 17.5 Å². The monoisotopic (exact) mass is 200 g/mol. The van der Waals surface area contributed by atoms with Crippen LogP contribution in [-0.4, -0.2) is 22.8 Å². The minimum atomic E-state index is -0.865. The smallest absolute Gasteiger partial charge is 0.160 e. The van der Waals surface area contributed by atoms with Crippen LogP contribution in [0, 0.1) is 5.92 Å². The molecule has 0 saturated heterocycles. The van der Waals surface area contributed by atoms with E-state index in [0.717, 1.165) is 6.42 Å². The van der Waals surface area contributed by atoms with Gasteiger partial charge in [0.2, 0.25) is 0 Å². The molecule has 0 amide bonds. The molecule has 3 heteroatoms. The van der Waals surface area contributed by atoms with Gasteiger partial charge in [0.05, 0.1) is 0 Å². The van der Waals surface area contributed by atoms with Crippen molar-refractivity contribution in [3.63, 3.8) is 0 Å². The largest absolute Gasteiger partial charge is 0.386 e. The van der Waals surface area contributed by atoms with E-state index in [1.54, 1.807) is 0 Å². The predicted octanol–water partition coefficient (Wildman–Crippen LogP) is 1.72. The number of hydrogen-bond acceptors (Lipinski definition) is 3. The second-order valence-electron chi connectivity index (χ2n) is 3.97. The second-order valence-corrected chi connectivity index (χ2v) is 3.97. The van der Waals surface area contributed by atoms with Crippen LogP contribution in [0.2, 0.25) is 0 Å². The van der Waals surface area contributed by atoms with Crippen LogP contribution < -0.4 is 0 Å². The summed E-state index contributed by atoms with van der Waals surface area (Å²) in [4.78, 5) is 22.2. The molecule has 0 spiro atoms. The van der Waals surface area contributed by atoms with E-state index >= 15 is 0 Å². The number of ketones is 2. The topological polar surface area (TPSA) is 54.4 Å². The molecule has 3 nitrogen and oxygen atoms in total. The summed E-state index contributed by atoms with van der Waals surface area (Å²) in [6, 6.07) is 0. The lowest BCUT2D eigenvalue weighted by Crippen LogP contribution is -2.15. The zero-order valence-corrected chi connectivity index (χ0v) is 9.25. The van der Waals surface area contributed by atoms with Crippen LogP contribution in [-0.2, 0) is 9.59 Å². The minimum Gasteiger partial charge on any atom is -0.386 e. The van der Waals surface area contributed by atoms with Crippen molar-refractivity contribution in [2.45, 2.75) is 52.6 Å². The van der Waals surface area contributed by atoms with Gasteiger partial charge in [-0.1, -0.05) is 13.8 Å². The van der Waals surface area contributed by atoms with E-state index in [1.807, 2.05) is 13.8 Å². The van der Waals surface area contributed by atoms with E-state index in [9.17, 15) is 9.59 Å². The van der Waals surface area contributed by atoms with Crippen LogP contribution in [0.15, 0.2) is 0 Å². The van der Waals surface area contributed by atoms with Gasteiger partial charge in [0, 0.05) is 18.8 Å². The molecule has 82 valence electrons. The maximum absolute atomic E-state index is 11.2. The third-order valence-corrected chi connectivity index (χ3v) is 2.21. The SMILES string of the molecule is CC(C)C(=O)CCCCC(=O)C(C)O. The molecule has 0 aliphatic carbocycles. The summed E-state index contributed by atoms with van der Waals surface area (Å²) >= 11 is 0. The summed E-state index contributed by atoms with van der Waals surface area (Å²) in [6.07, 6.45) is 1.50. The van der Waals surface area contributed by atoms with Crippen molar-refractivity contribution in [1.82, 2.24) is 0 Å². The van der Waals surface area contributed by atoms with Crippen molar-refractivity contribution in [1.29, 1.82) is 0 Å². The highest BCUT2D eigenvalue weighted by molar-refractivity contribution is 5.82. The third kappa shape index (κ3) is 5.86. The summed E-state index contributed by atoms with van der Waals surface area (Å²) in [5, 5.41) is 8.90. The van der Waals surface area contributed by atoms with Gasteiger partial charge in [-0.15, -0.1) is 0 Å². The molecule has 0 bridgehead atoms. The van der Waals surface area contributed by atoms with Crippen molar-refractivity contribution in [3.05, 3.63) is 0 Å². The number of unbranched alkanes of at least 4 members (excludes halogenated alkanes) is 1. The molecule has 1 atom stereocenters. The number of rotatable bonds is 7. The predicted molar refractivity (Wildman–Crippen MR) is 55.0 cm³/mol. The summed E-state index contributed by atoms with van der Waals surface area (Å²) in [6.45, 7) is 5.23. The summed E-state index contributed by atoms with van der Waals surface area (Å²) in [5.41, 5.74) is 0. The Morgan fingerprint density at radius 3 is 1.79 bits per heavy atom.